The predicted octanol–water partition coefficient (Wildman–Crippen LogP) is 2.21. The molecule has 0 radical (unpaired) electrons. The van der Waals surface area contributed by atoms with Crippen LogP contribution in [0.5, 0.6) is 0 Å². The van der Waals surface area contributed by atoms with Crippen molar-refractivity contribution in [3.63, 3.8) is 0 Å². The summed E-state index contributed by atoms with van der Waals surface area (Å²) in [5.41, 5.74) is 0.194. The SMILES string of the molecule is CCC1(C)OCCC1C. The molecule has 0 aromatic rings. The molecule has 0 aliphatic carbocycles. The van der Waals surface area contributed by atoms with E-state index >= 15 is 0 Å². The summed E-state index contributed by atoms with van der Waals surface area (Å²) in [5.74, 6) is 0.752. The highest BCUT2D eigenvalue weighted by molar-refractivity contribution is 4.84. The van der Waals surface area contributed by atoms with Crippen molar-refractivity contribution in [2.24, 2.45) is 5.92 Å². The van der Waals surface area contributed by atoms with Crippen LogP contribution in [-0.2, 0) is 4.74 Å². The van der Waals surface area contributed by atoms with Gasteiger partial charge in [-0.25, -0.2) is 0 Å². The molecule has 1 rings (SSSR count). The fourth-order valence-electron chi connectivity index (χ4n) is 1.37. The van der Waals surface area contributed by atoms with Crippen molar-refractivity contribution in [2.45, 2.75) is 39.2 Å². The summed E-state index contributed by atoms with van der Waals surface area (Å²) >= 11 is 0. The lowest BCUT2D eigenvalue weighted by molar-refractivity contribution is -0.00444. The third-order valence-corrected chi connectivity index (χ3v) is 2.73. The Kier molecular flexibility index (Phi) is 1.80. The lowest BCUT2D eigenvalue weighted by Crippen LogP contribution is -2.28. The Morgan fingerprint density at radius 2 is 2.33 bits per heavy atom. The first-order valence-electron chi connectivity index (χ1n) is 3.83. The van der Waals surface area contributed by atoms with Crippen LogP contribution < -0.4 is 0 Å². The quantitative estimate of drug-likeness (QED) is 0.526. The molecule has 0 aromatic heterocycles. The molecule has 0 saturated carbocycles. The van der Waals surface area contributed by atoms with Crippen LogP contribution in [0.15, 0.2) is 0 Å². The second kappa shape index (κ2) is 2.30. The molecule has 0 N–H and O–H groups in total. The first kappa shape index (κ1) is 7.07. The summed E-state index contributed by atoms with van der Waals surface area (Å²) in [6, 6.07) is 0. The van der Waals surface area contributed by atoms with E-state index in [4.69, 9.17) is 4.74 Å². The zero-order valence-corrected chi connectivity index (χ0v) is 6.61. The molecule has 1 aliphatic heterocycles. The van der Waals surface area contributed by atoms with E-state index in [2.05, 4.69) is 20.8 Å². The Morgan fingerprint density at radius 1 is 1.67 bits per heavy atom. The van der Waals surface area contributed by atoms with Crippen LogP contribution in [0.4, 0.5) is 0 Å². The highest BCUT2D eigenvalue weighted by atomic mass is 16.5. The van der Waals surface area contributed by atoms with Crippen molar-refractivity contribution in [1.29, 1.82) is 0 Å². The summed E-state index contributed by atoms with van der Waals surface area (Å²) in [6.07, 6.45) is 2.39. The Bertz CT molecular complexity index is 101. The van der Waals surface area contributed by atoms with Gasteiger partial charge in [0.2, 0.25) is 0 Å². The molecule has 1 aliphatic rings. The minimum Gasteiger partial charge on any atom is -0.375 e. The van der Waals surface area contributed by atoms with Crippen LogP contribution in [0, 0.1) is 5.92 Å². The van der Waals surface area contributed by atoms with E-state index < -0.39 is 0 Å². The monoisotopic (exact) mass is 128 g/mol. The van der Waals surface area contributed by atoms with Crippen molar-refractivity contribution in [2.75, 3.05) is 6.61 Å². The number of rotatable bonds is 1. The minimum atomic E-state index is 0.194. The molecule has 0 spiro atoms. The first-order chi connectivity index (χ1) is 4.19. The molecule has 2 unspecified atom stereocenters. The van der Waals surface area contributed by atoms with E-state index in [0.717, 1.165) is 18.9 Å². The standard InChI is InChI=1S/C8H16O/c1-4-8(3)7(2)5-6-9-8/h7H,4-6H2,1-3H3. The predicted molar refractivity (Wildman–Crippen MR) is 38.4 cm³/mol. The summed E-state index contributed by atoms with van der Waals surface area (Å²) in [5, 5.41) is 0. The van der Waals surface area contributed by atoms with Gasteiger partial charge in [-0.1, -0.05) is 13.8 Å². The van der Waals surface area contributed by atoms with Crippen LogP contribution in [0.3, 0.4) is 0 Å². The molecule has 0 aromatic carbocycles. The second-order valence-electron chi connectivity index (χ2n) is 3.20. The fraction of sp³-hybridized carbons (Fsp3) is 1.00. The Morgan fingerprint density at radius 3 is 2.56 bits per heavy atom. The fourth-order valence-corrected chi connectivity index (χ4v) is 1.37. The summed E-state index contributed by atoms with van der Waals surface area (Å²) in [4.78, 5) is 0. The van der Waals surface area contributed by atoms with Gasteiger partial charge in [-0.05, 0) is 25.7 Å². The lowest BCUT2D eigenvalue weighted by Gasteiger charge is -2.26. The third kappa shape index (κ3) is 1.11. The van der Waals surface area contributed by atoms with Gasteiger partial charge in [-0.2, -0.15) is 0 Å². The van der Waals surface area contributed by atoms with Crippen molar-refractivity contribution in [1.82, 2.24) is 0 Å². The molecule has 9 heavy (non-hydrogen) atoms. The molecule has 1 nitrogen and oxygen atoms in total. The Labute approximate surface area is 57.4 Å². The molecular formula is C8H16O. The van der Waals surface area contributed by atoms with Gasteiger partial charge >= 0.3 is 0 Å². The summed E-state index contributed by atoms with van der Waals surface area (Å²) in [7, 11) is 0. The van der Waals surface area contributed by atoms with Crippen LogP contribution >= 0.6 is 0 Å². The van der Waals surface area contributed by atoms with E-state index in [1.807, 2.05) is 0 Å². The maximum atomic E-state index is 5.60. The van der Waals surface area contributed by atoms with Gasteiger partial charge in [-0.3, -0.25) is 0 Å². The summed E-state index contributed by atoms with van der Waals surface area (Å²) < 4.78 is 5.60. The number of ether oxygens (including phenoxy) is 1. The Hall–Kier alpha value is -0.0400. The summed E-state index contributed by atoms with van der Waals surface area (Å²) in [6.45, 7) is 7.65. The van der Waals surface area contributed by atoms with Gasteiger partial charge < -0.3 is 4.74 Å². The van der Waals surface area contributed by atoms with Crippen molar-refractivity contribution in [3.8, 4) is 0 Å². The van der Waals surface area contributed by atoms with Crippen LogP contribution in [-0.4, -0.2) is 12.2 Å². The molecule has 1 saturated heterocycles. The second-order valence-corrected chi connectivity index (χ2v) is 3.20. The Balaban J connectivity index is 2.56. The topological polar surface area (TPSA) is 9.23 Å². The van der Waals surface area contributed by atoms with Crippen molar-refractivity contribution >= 4 is 0 Å². The van der Waals surface area contributed by atoms with E-state index in [9.17, 15) is 0 Å². The largest absolute Gasteiger partial charge is 0.375 e. The molecule has 1 heteroatoms. The van der Waals surface area contributed by atoms with Crippen LogP contribution in [0.2, 0.25) is 0 Å². The van der Waals surface area contributed by atoms with E-state index in [1.165, 1.54) is 6.42 Å². The number of hydrogen-bond acceptors (Lipinski definition) is 1. The molecule has 54 valence electrons. The molecule has 0 bridgehead atoms. The highest BCUT2D eigenvalue weighted by Crippen LogP contribution is 2.33. The number of hydrogen-bond donors (Lipinski definition) is 0. The third-order valence-electron chi connectivity index (χ3n) is 2.73. The maximum Gasteiger partial charge on any atom is 0.0678 e. The van der Waals surface area contributed by atoms with Crippen molar-refractivity contribution in [3.05, 3.63) is 0 Å². The molecule has 1 heterocycles. The van der Waals surface area contributed by atoms with Crippen LogP contribution in [0.25, 0.3) is 0 Å². The van der Waals surface area contributed by atoms with Gasteiger partial charge in [-0.15, -0.1) is 0 Å². The first-order valence-corrected chi connectivity index (χ1v) is 3.83. The van der Waals surface area contributed by atoms with E-state index in [1.54, 1.807) is 0 Å². The van der Waals surface area contributed by atoms with E-state index in [0.29, 0.717) is 0 Å². The van der Waals surface area contributed by atoms with Gasteiger partial charge in [0, 0.05) is 6.61 Å². The molecular weight excluding hydrogens is 112 g/mol. The lowest BCUT2D eigenvalue weighted by atomic mass is 9.89. The van der Waals surface area contributed by atoms with Crippen molar-refractivity contribution < 1.29 is 4.74 Å². The van der Waals surface area contributed by atoms with Crippen LogP contribution in [0.1, 0.15) is 33.6 Å². The molecule has 2 atom stereocenters. The smallest absolute Gasteiger partial charge is 0.0678 e. The minimum absolute atomic E-state index is 0.194. The zero-order valence-electron chi connectivity index (χ0n) is 6.61. The molecule has 0 amide bonds. The normalized spacial score (nSPS) is 43.7. The van der Waals surface area contributed by atoms with Gasteiger partial charge in [0.1, 0.15) is 0 Å². The van der Waals surface area contributed by atoms with Gasteiger partial charge in [0.05, 0.1) is 5.60 Å². The molecule has 1 fully saturated rings. The van der Waals surface area contributed by atoms with Gasteiger partial charge in [0.15, 0.2) is 0 Å². The van der Waals surface area contributed by atoms with E-state index in [-0.39, 0.29) is 5.60 Å². The maximum absolute atomic E-state index is 5.60. The highest BCUT2D eigenvalue weighted by Gasteiger charge is 2.34. The zero-order chi connectivity index (χ0) is 6.91. The van der Waals surface area contributed by atoms with Gasteiger partial charge in [0.25, 0.3) is 0 Å². The average molecular weight is 128 g/mol. The average Bonchev–Trinajstić information content (AvgIpc) is 2.15.